The summed E-state index contributed by atoms with van der Waals surface area (Å²) >= 11 is 0. The van der Waals surface area contributed by atoms with Crippen molar-refractivity contribution in [3.8, 4) is 0 Å². The van der Waals surface area contributed by atoms with Gasteiger partial charge in [-0.2, -0.15) is 0 Å². The van der Waals surface area contributed by atoms with Crippen LogP contribution < -0.4 is 0 Å². The van der Waals surface area contributed by atoms with Crippen molar-refractivity contribution < 1.29 is 58.4 Å². The van der Waals surface area contributed by atoms with Gasteiger partial charge in [0, 0.05) is 31.1 Å². The number of benzene rings is 2. The van der Waals surface area contributed by atoms with Crippen LogP contribution in [0.25, 0.3) is 52.2 Å². The second-order valence-electron chi connectivity index (χ2n) is 16.6. The van der Waals surface area contributed by atoms with Crippen LogP contribution in [0, 0.1) is 5.92 Å². The highest BCUT2D eigenvalue weighted by Gasteiger charge is 2.54. The van der Waals surface area contributed by atoms with E-state index in [2.05, 4.69) is 50.1 Å². The van der Waals surface area contributed by atoms with Gasteiger partial charge in [0.05, 0.1) is 73.9 Å². The average molecular weight is 949 g/mol. The zero-order chi connectivity index (χ0) is 48.7. The first-order valence-electron chi connectivity index (χ1n) is 21.7. The van der Waals surface area contributed by atoms with E-state index >= 15 is 0 Å². The molecule has 6 rings (SSSR count). The molecule has 2 aromatic carbocycles. The maximum Gasteiger partial charge on any atom is 0.410 e. The van der Waals surface area contributed by atoms with Gasteiger partial charge in [0.2, 0.25) is 0 Å². The molecule has 18 unspecified atom stereocenters. The second-order valence-corrected chi connectivity index (χ2v) is 16.6. The van der Waals surface area contributed by atoms with Gasteiger partial charge in [-0.1, -0.05) is 93.2 Å². The van der Waals surface area contributed by atoms with E-state index in [0.717, 1.165) is 11.1 Å². The molecule has 3 aliphatic heterocycles. The largest absolute Gasteiger partial charge is 0.445 e. The number of amides is 1. The van der Waals surface area contributed by atoms with Gasteiger partial charge in [0.1, 0.15) is 31.0 Å². The molecular weight excluding hydrogens is 897 g/mol. The van der Waals surface area contributed by atoms with E-state index in [4.69, 9.17) is 38.7 Å². The standard InChI is InChI=1S/C40H52N16O12/c1-20-30(50-55-45)38(64-28(31(20)58)16-46-51-41)67-35-29(18-57)65-39(33(35)60)68-36-32(59)25(48-53-43)15-26(49-54-44)34(36)66-37-24(47-52-42)13-14-27(63-37)21(2)56(17-22-9-5-3-6-10-22)40(61)62-19-23-11-7-4-8-12-23/h3-12,20-21,24-39,57-60H,13-19H2,1-2H3. The third-order valence-corrected chi connectivity index (χ3v) is 12.5. The Morgan fingerprint density at radius 2 is 1.31 bits per heavy atom. The van der Waals surface area contributed by atoms with Crippen LogP contribution in [0.5, 0.6) is 0 Å². The van der Waals surface area contributed by atoms with Gasteiger partial charge in [-0.3, -0.25) is 4.90 Å². The first kappa shape index (κ1) is 51.3. The van der Waals surface area contributed by atoms with Crippen LogP contribution in [0.3, 0.4) is 0 Å². The van der Waals surface area contributed by atoms with Crippen molar-refractivity contribution >= 4 is 6.09 Å². The fourth-order valence-electron chi connectivity index (χ4n) is 8.78. The molecule has 1 saturated carbocycles. The van der Waals surface area contributed by atoms with E-state index in [1.165, 1.54) is 4.90 Å². The number of hydrogen-bond donors (Lipinski definition) is 4. The zero-order valence-electron chi connectivity index (χ0n) is 36.8. The molecular formula is C40H52N16O12. The molecule has 0 spiro atoms. The summed E-state index contributed by atoms with van der Waals surface area (Å²) < 4.78 is 42.9. The average Bonchev–Trinajstić information content (AvgIpc) is 3.65. The Labute approximate surface area is 387 Å². The summed E-state index contributed by atoms with van der Waals surface area (Å²) in [6.07, 6.45) is -17.9. The van der Waals surface area contributed by atoms with Crippen molar-refractivity contribution in [1.29, 1.82) is 0 Å². The van der Waals surface area contributed by atoms with Crippen molar-refractivity contribution in [1.82, 2.24) is 4.90 Å². The van der Waals surface area contributed by atoms with Crippen LogP contribution in [0.15, 0.2) is 86.2 Å². The molecule has 4 N–H and O–H groups in total. The van der Waals surface area contributed by atoms with Crippen LogP contribution in [0.4, 0.5) is 4.79 Å². The van der Waals surface area contributed by atoms with Crippen molar-refractivity contribution in [2.45, 2.75) is 150 Å². The molecule has 0 radical (unpaired) electrons. The summed E-state index contributed by atoms with van der Waals surface area (Å²) in [6, 6.07) is 12.9. The van der Waals surface area contributed by atoms with E-state index in [9.17, 15) is 47.3 Å². The number of hydrogen-bond acceptors (Lipinski definition) is 17. The summed E-state index contributed by atoms with van der Waals surface area (Å²) in [6.45, 7) is 2.32. The Balaban J connectivity index is 1.27. The molecule has 364 valence electrons. The first-order valence-corrected chi connectivity index (χ1v) is 21.7. The zero-order valence-corrected chi connectivity index (χ0v) is 36.8. The van der Waals surface area contributed by atoms with Crippen molar-refractivity contribution in [2.75, 3.05) is 13.2 Å². The summed E-state index contributed by atoms with van der Waals surface area (Å²) in [5, 5.41) is 63.4. The third kappa shape index (κ3) is 12.3. The Hall–Kier alpha value is -6.14. The molecule has 18 atom stereocenters. The fraction of sp³-hybridized carbons (Fsp3) is 0.675. The van der Waals surface area contributed by atoms with Gasteiger partial charge in [-0.15, -0.1) is 0 Å². The van der Waals surface area contributed by atoms with Gasteiger partial charge in [0.25, 0.3) is 0 Å². The van der Waals surface area contributed by atoms with E-state index in [0.29, 0.717) is 0 Å². The van der Waals surface area contributed by atoms with Crippen LogP contribution in [-0.4, -0.2) is 149 Å². The smallest absolute Gasteiger partial charge is 0.410 e. The van der Waals surface area contributed by atoms with Crippen LogP contribution in [0.1, 0.15) is 44.2 Å². The van der Waals surface area contributed by atoms with Gasteiger partial charge in [-0.25, -0.2) is 4.79 Å². The van der Waals surface area contributed by atoms with E-state index in [1.807, 2.05) is 60.7 Å². The summed E-state index contributed by atoms with van der Waals surface area (Å²) in [5.74, 6) is -0.813. The van der Waals surface area contributed by atoms with Gasteiger partial charge in [0.15, 0.2) is 18.9 Å². The van der Waals surface area contributed by atoms with Crippen LogP contribution in [0.2, 0.25) is 0 Å². The van der Waals surface area contributed by atoms with E-state index in [1.54, 1.807) is 13.8 Å². The molecule has 0 bridgehead atoms. The van der Waals surface area contributed by atoms with E-state index in [-0.39, 0.29) is 39.0 Å². The number of aliphatic hydroxyl groups is 4. The third-order valence-electron chi connectivity index (χ3n) is 12.5. The molecule has 4 fully saturated rings. The van der Waals surface area contributed by atoms with Gasteiger partial charge in [-0.05, 0) is 70.9 Å². The molecule has 2 aromatic rings. The number of nitrogens with zero attached hydrogens (tertiary/aromatic N) is 16. The SMILES string of the molecule is CC1C(O)C(CN=[N+]=[N-])OC(OC2C(CO)OC(OC3C(O)C(N=[N+]=[N-])CC(N=[N+]=[N-])C3OC3OC(C(C)N(Cc4ccccc4)C(=O)OCc4ccccc4)CCC3N=[N+]=[N-])C2O)C1N=[N+]=[N-]. The van der Waals surface area contributed by atoms with Crippen molar-refractivity contribution in [3.05, 3.63) is 124 Å². The highest BCUT2D eigenvalue weighted by atomic mass is 16.8. The Morgan fingerprint density at radius 1 is 0.706 bits per heavy atom. The number of rotatable bonds is 19. The fourth-order valence-corrected chi connectivity index (χ4v) is 8.78. The summed E-state index contributed by atoms with van der Waals surface area (Å²) in [5.41, 5.74) is 48.5. The van der Waals surface area contributed by atoms with Crippen LogP contribution in [-0.2, 0) is 46.3 Å². The molecule has 28 heteroatoms. The monoisotopic (exact) mass is 948 g/mol. The van der Waals surface area contributed by atoms with Gasteiger partial charge >= 0.3 is 6.09 Å². The maximum atomic E-state index is 13.9. The summed E-state index contributed by atoms with van der Waals surface area (Å²) in [7, 11) is 0. The topological polar surface area (TPSA) is 410 Å². The number of aliphatic hydroxyl groups excluding tert-OH is 4. The number of carbonyl (C=O) groups excluding carboxylic acids is 1. The Morgan fingerprint density at radius 3 is 1.96 bits per heavy atom. The lowest BCUT2D eigenvalue weighted by atomic mass is 9.84. The molecule has 1 amide bonds. The molecule has 1 aliphatic carbocycles. The molecule has 28 nitrogen and oxygen atoms in total. The van der Waals surface area contributed by atoms with Crippen LogP contribution >= 0.6 is 0 Å². The van der Waals surface area contributed by atoms with Crippen molar-refractivity contribution in [3.63, 3.8) is 0 Å². The second kappa shape index (κ2) is 24.8. The quantitative estimate of drug-likeness (QED) is 0.0774. The Bertz CT molecular complexity index is 2230. The number of azide groups is 5. The molecule has 3 heterocycles. The highest BCUT2D eigenvalue weighted by Crippen LogP contribution is 2.39. The van der Waals surface area contributed by atoms with E-state index < -0.39 is 123 Å². The molecule has 3 saturated heterocycles. The minimum Gasteiger partial charge on any atom is -0.445 e. The lowest BCUT2D eigenvalue weighted by molar-refractivity contribution is -0.291. The minimum atomic E-state index is -1.81. The van der Waals surface area contributed by atoms with Gasteiger partial charge < -0.3 is 53.6 Å². The maximum absolute atomic E-state index is 13.9. The lowest BCUT2D eigenvalue weighted by Crippen LogP contribution is -2.61. The minimum absolute atomic E-state index is 0.00440. The number of carbonyl (C=O) groups is 1. The molecule has 0 aromatic heterocycles. The summed E-state index contributed by atoms with van der Waals surface area (Å²) in [4.78, 5) is 29.7. The number of ether oxygens (including phenoxy) is 7. The predicted molar refractivity (Wildman–Crippen MR) is 233 cm³/mol. The normalized spacial score (nSPS) is 34.8. The Kier molecular flexibility index (Phi) is 18.7. The molecule has 68 heavy (non-hydrogen) atoms. The highest BCUT2D eigenvalue weighted by molar-refractivity contribution is 5.68. The molecule has 4 aliphatic rings. The first-order chi connectivity index (χ1) is 33.0. The predicted octanol–water partition coefficient (Wildman–Crippen LogP) is 5.47. The lowest BCUT2D eigenvalue weighted by Gasteiger charge is -2.46. The van der Waals surface area contributed by atoms with Crippen molar-refractivity contribution in [2.24, 2.45) is 31.5 Å².